The first-order valence-corrected chi connectivity index (χ1v) is 9.35. The molecule has 0 aliphatic heterocycles. The molecule has 0 radical (unpaired) electrons. The van der Waals surface area contributed by atoms with E-state index in [1.165, 1.54) is 0 Å². The summed E-state index contributed by atoms with van der Waals surface area (Å²) in [5.41, 5.74) is 0.946. The number of hydrogen-bond donors (Lipinski definition) is 1. The van der Waals surface area contributed by atoms with Crippen molar-refractivity contribution in [2.45, 2.75) is 64.4 Å². The number of para-hydroxylation sites is 1. The molecule has 0 spiro atoms. The second-order valence-corrected chi connectivity index (χ2v) is 6.77. The van der Waals surface area contributed by atoms with Gasteiger partial charge in [-0.05, 0) is 37.7 Å². The number of furan rings is 1. The Morgan fingerprint density at radius 1 is 1.17 bits per heavy atom. The van der Waals surface area contributed by atoms with E-state index in [0.717, 1.165) is 68.1 Å². The van der Waals surface area contributed by atoms with Gasteiger partial charge >= 0.3 is 0 Å². The fourth-order valence-corrected chi connectivity index (χ4v) is 3.76. The molecule has 0 fully saturated rings. The third-order valence-electron chi connectivity index (χ3n) is 5.18. The molecule has 1 N–H and O–H groups in total. The minimum atomic E-state index is -0.838. The maximum atomic E-state index is 11.8. The topological polar surface area (TPSA) is 42.6 Å². The van der Waals surface area contributed by atoms with Gasteiger partial charge in [-0.15, -0.1) is 0 Å². The lowest BCUT2D eigenvalue weighted by molar-refractivity contribution is -0.0402. The van der Waals surface area contributed by atoms with E-state index < -0.39 is 5.60 Å². The van der Waals surface area contributed by atoms with Crippen LogP contribution in [0, 0.1) is 5.92 Å². The molecule has 0 aliphatic carbocycles. The van der Waals surface area contributed by atoms with Crippen LogP contribution in [-0.2, 0) is 10.3 Å². The van der Waals surface area contributed by atoms with Gasteiger partial charge < -0.3 is 14.3 Å². The third-order valence-corrected chi connectivity index (χ3v) is 5.18. The predicted molar refractivity (Wildman–Crippen MR) is 99.1 cm³/mol. The summed E-state index contributed by atoms with van der Waals surface area (Å²) in [4.78, 5) is 0. The van der Waals surface area contributed by atoms with Gasteiger partial charge in [-0.25, -0.2) is 0 Å². The summed E-state index contributed by atoms with van der Waals surface area (Å²) in [6, 6.07) is 8.08. The van der Waals surface area contributed by atoms with Crippen molar-refractivity contribution in [3.8, 4) is 0 Å². The fraction of sp³-hybridized carbons (Fsp3) is 0.619. The molecule has 0 saturated carbocycles. The molecule has 0 bridgehead atoms. The lowest BCUT2D eigenvalue weighted by Gasteiger charge is -2.37. The van der Waals surface area contributed by atoms with Crippen LogP contribution < -0.4 is 0 Å². The van der Waals surface area contributed by atoms with Crippen LogP contribution >= 0.6 is 0 Å². The standard InChI is InChI=1S/C21H32O3/c1-4-6-11-18(5-2)21(22,14-7-8-15-23-3)19-12-9-10-17-13-16-24-20(17)19/h9-10,12-13,16,18,22H,4-8,11,14-15H2,1-3H3/t18-,21-/m0/s1. The monoisotopic (exact) mass is 332 g/mol. The van der Waals surface area contributed by atoms with Crippen LogP contribution in [0.25, 0.3) is 11.0 Å². The largest absolute Gasteiger partial charge is 0.464 e. The highest BCUT2D eigenvalue weighted by Gasteiger charge is 2.38. The lowest BCUT2D eigenvalue weighted by atomic mass is 9.74. The molecule has 24 heavy (non-hydrogen) atoms. The van der Waals surface area contributed by atoms with Crippen molar-refractivity contribution in [2.24, 2.45) is 5.92 Å². The average molecular weight is 332 g/mol. The third kappa shape index (κ3) is 4.20. The Bertz CT molecular complexity index is 604. The van der Waals surface area contributed by atoms with E-state index in [1.54, 1.807) is 13.4 Å². The molecule has 0 aliphatic rings. The first kappa shape index (κ1) is 19.0. The van der Waals surface area contributed by atoms with E-state index in [0.29, 0.717) is 0 Å². The molecule has 3 heteroatoms. The second kappa shape index (κ2) is 9.24. The quantitative estimate of drug-likeness (QED) is 0.540. The van der Waals surface area contributed by atoms with Crippen LogP contribution in [0.5, 0.6) is 0 Å². The zero-order chi connectivity index (χ0) is 17.4. The summed E-state index contributed by atoms with van der Waals surface area (Å²) in [6.07, 6.45) is 8.70. The van der Waals surface area contributed by atoms with Gasteiger partial charge in [0.05, 0.1) is 11.9 Å². The van der Waals surface area contributed by atoms with Gasteiger partial charge in [-0.1, -0.05) is 51.3 Å². The van der Waals surface area contributed by atoms with Crippen molar-refractivity contribution in [3.63, 3.8) is 0 Å². The highest BCUT2D eigenvalue weighted by atomic mass is 16.5. The van der Waals surface area contributed by atoms with E-state index in [4.69, 9.17) is 9.15 Å². The molecule has 2 rings (SSSR count). The normalized spacial score (nSPS) is 15.5. The minimum absolute atomic E-state index is 0.246. The van der Waals surface area contributed by atoms with E-state index in [1.807, 2.05) is 24.3 Å². The van der Waals surface area contributed by atoms with Crippen LogP contribution in [0.15, 0.2) is 34.9 Å². The number of unbranched alkanes of at least 4 members (excludes halogenated alkanes) is 2. The maximum Gasteiger partial charge on any atom is 0.139 e. The Hall–Kier alpha value is -1.32. The summed E-state index contributed by atoms with van der Waals surface area (Å²) in [6.45, 7) is 5.13. The Labute approximate surface area is 146 Å². The molecule has 1 heterocycles. The number of ether oxygens (including phenoxy) is 1. The van der Waals surface area contributed by atoms with Gasteiger partial charge in [-0.3, -0.25) is 0 Å². The predicted octanol–water partition coefficient (Wildman–Crippen LogP) is 5.65. The van der Waals surface area contributed by atoms with Gasteiger partial charge in [0.15, 0.2) is 0 Å². The highest BCUT2D eigenvalue weighted by Crippen LogP contribution is 2.42. The maximum absolute atomic E-state index is 11.8. The SMILES string of the molecule is CCCC[C@H](CC)[C@@](O)(CCCCOC)c1cccc2ccoc12. The minimum Gasteiger partial charge on any atom is -0.464 e. The molecular weight excluding hydrogens is 300 g/mol. The van der Waals surface area contributed by atoms with Crippen LogP contribution in [-0.4, -0.2) is 18.8 Å². The second-order valence-electron chi connectivity index (χ2n) is 6.77. The van der Waals surface area contributed by atoms with E-state index >= 15 is 0 Å². The molecule has 3 nitrogen and oxygen atoms in total. The molecule has 2 aromatic rings. The fourth-order valence-electron chi connectivity index (χ4n) is 3.76. The van der Waals surface area contributed by atoms with E-state index in [-0.39, 0.29) is 5.92 Å². The lowest BCUT2D eigenvalue weighted by Crippen LogP contribution is -2.35. The summed E-state index contributed by atoms with van der Waals surface area (Å²) in [7, 11) is 1.73. The van der Waals surface area contributed by atoms with Crippen molar-refractivity contribution in [2.75, 3.05) is 13.7 Å². The van der Waals surface area contributed by atoms with Crippen molar-refractivity contribution in [1.29, 1.82) is 0 Å². The molecule has 134 valence electrons. The zero-order valence-corrected chi connectivity index (χ0v) is 15.4. The smallest absolute Gasteiger partial charge is 0.139 e. The number of fused-ring (bicyclic) bond motifs is 1. The Kier molecular flexibility index (Phi) is 7.32. The number of aliphatic hydroxyl groups is 1. The van der Waals surface area contributed by atoms with E-state index in [2.05, 4.69) is 13.8 Å². The van der Waals surface area contributed by atoms with Gasteiger partial charge in [-0.2, -0.15) is 0 Å². The van der Waals surface area contributed by atoms with Crippen LogP contribution in [0.3, 0.4) is 0 Å². The van der Waals surface area contributed by atoms with Gasteiger partial charge in [0.1, 0.15) is 5.58 Å². The summed E-state index contributed by atoms with van der Waals surface area (Å²) in [5.74, 6) is 0.246. The first-order valence-electron chi connectivity index (χ1n) is 9.35. The summed E-state index contributed by atoms with van der Waals surface area (Å²) in [5, 5.41) is 12.8. The number of rotatable bonds is 11. The number of hydrogen-bond acceptors (Lipinski definition) is 3. The Balaban J connectivity index is 2.35. The molecular formula is C21H32O3. The van der Waals surface area contributed by atoms with Crippen LogP contribution in [0.2, 0.25) is 0 Å². The number of benzene rings is 1. The average Bonchev–Trinajstić information content (AvgIpc) is 3.08. The highest BCUT2D eigenvalue weighted by molar-refractivity contribution is 5.81. The van der Waals surface area contributed by atoms with Crippen molar-refractivity contribution in [1.82, 2.24) is 0 Å². The molecule has 0 saturated heterocycles. The van der Waals surface area contributed by atoms with Crippen LogP contribution in [0.1, 0.15) is 64.4 Å². The Morgan fingerprint density at radius 2 is 2.00 bits per heavy atom. The first-order chi connectivity index (χ1) is 11.7. The molecule has 0 unspecified atom stereocenters. The molecule has 1 aromatic carbocycles. The Morgan fingerprint density at radius 3 is 2.71 bits per heavy atom. The molecule has 2 atom stereocenters. The van der Waals surface area contributed by atoms with Crippen molar-refractivity contribution >= 4 is 11.0 Å². The number of methoxy groups -OCH3 is 1. The van der Waals surface area contributed by atoms with Gasteiger partial charge in [0.25, 0.3) is 0 Å². The molecule has 0 amide bonds. The van der Waals surface area contributed by atoms with Gasteiger partial charge in [0, 0.05) is 24.7 Å². The summed E-state index contributed by atoms with van der Waals surface area (Å²) >= 11 is 0. The summed E-state index contributed by atoms with van der Waals surface area (Å²) < 4.78 is 10.9. The van der Waals surface area contributed by atoms with Crippen molar-refractivity contribution < 1.29 is 14.3 Å². The molecule has 1 aromatic heterocycles. The van der Waals surface area contributed by atoms with Crippen LogP contribution in [0.4, 0.5) is 0 Å². The van der Waals surface area contributed by atoms with Gasteiger partial charge in [0.2, 0.25) is 0 Å². The van der Waals surface area contributed by atoms with E-state index in [9.17, 15) is 5.11 Å². The zero-order valence-electron chi connectivity index (χ0n) is 15.4. The van der Waals surface area contributed by atoms with Crippen molar-refractivity contribution in [3.05, 3.63) is 36.1 Å².